The number of anilines is 1. The molecule has 0 saturated carbocycles. The van der Waals surface area contributed by atoms with E-state index in [1.165, 1.54) is 17.7 Å². The Morgan fingerprint density at radius 2 is 2.00 bits per heavy atom. The molecule has 1 N–H and O–H groups in total. The van der Waals surface area contributed by atoms with Crippen LogP contribution in [-0.4, -0.2) is 12.8 Å². The van der Waals surface area contributed by atoms with Gasteiger partial charge in [-0.25, -0.2) is 4.39 Å². The first kappa shape index (κ1) is 13.5. The summed E-state index contributed by atoms with van der Waals surface area (Å²) in [5.74, 6) is -0.134. The lowest BCUT2D eigenvalue weighted by Gasteiger charge is -2.35. The van der Waals surface area contributed by atoms with Crippen LogP contribution < -0.4 is 5.32 Å². The molecule has 2 nitrogen and oxygen atoms in total. The average molecular weight is 295 g/mol. The van der Waals surface area contributed by atoms with Crippen LogP contribution in [0, 0.1) is 5.82 Å². The Morgan fingerprint density at radius 1 is 1.23 bits per heavy atom. The van der Waals surface area contributed by atoms with Gasteiger partial charge in [-0.2, -0.15) is 0 Å². The van der Waals surface area contributed by atoms with Gasteiger partial charge >= 0.3 is 0 Å². The number of rotatable bonds is 3. The molecule has 2 aliphatic rings. The molecule has 0 spiro atoms. The van der Waals surface area contributed by atoms with Crippen molar-refractivity contribution in [2.24, 2.45) is 0 Å². The van der Waals surface area contributed by atoms with Crippen molar-refractivity contribution in [3.8, 4) is 0 Å². The summed E-state index contributed by atoms with van der Waals surface area (Å²) in [6.45, 7) is 4.78. The molecule has 1 fully saturated rings. The highest BCUT2D eigenvalue weighted by molar-refractivity contribution is 5.64. The van der Waals surface area contributed by atoms with Crippen LogP contribution in [0.15, 0.2) is 61.2 Å². The van der Waals surface area contributed by atoms with Crippen molar-refractivity contribution in [3.05, 3.63) is 78.1 Å². The number of nitrogens with one attached hydrogen (secondary N) is 1. The Balaban J connectivity index is 1.87. The SMILES string of the molecule is C=C[C@@H](c1ccc(F)cc1)[C@@]12CCO[C@@H]1Nc1ccccc12. The van der Waals surface area contributed by atoms with Gasteiger partial charge in [-0.05, 0) is 35.7 Å². The van der Waals surface area contributed by atoms with Crippen molar-refractivity contribution in [1.29, 1.82) is 0 Å². The molecule has 2 aromatic carbocycles. The maximum atomic E-state index is 13.3. The van der Waals surface area contributed by atoms with Crippen molar-refractivity contribution in [2.75, 3.05) is 11.9 Å². The molecule has 0 aliphatic carbocycles. The molecule has 22 heavy (non-hydrogen) atoms. The number of ether oxygens (including phenoxy) is 1. The molecular weight excluding hydrogens is 277 g/mol. The van der Waals surface area contributed by atoms with Gasteiger partial charge in [0.05, 0.1) is 12.0 Å². The van der Waals surface area contributed by atoms with E-state index in [-0.39, 0.29) is 23.4 Å². The van der Waals surface area contributed by atoms with Crippen LogP contribution in [0.4, 0.5) is 10.1 Å². The van der Waals surface area contributed by atoms with E-state index in [0.717, 1.165) is 24.3 Å². The number of allylic oxidation sites excluding steroid dienone is 1. The third-order valence-electron chi connectivity index (χ3n) is 5.00. The van der Waals surface area contributed by atoms with Gasteiger partial charge in [-0.1, -0.05) is 36.4 Å². The molecule has 3 heteroatoms. The Labute approximate surface area is 129 Å². The highest BCUT2D eigenvalue weighted by Gasteiger charge is 2.55. The van der Waals surface area contributed by atoms with Gasteiger partial charge in [0, 0.05) is 11.6 Å². The van der Waals surface area contributed by atoms with Crippen molar-refractivity contribution < 1.29 is 9.13 Å². The maximum absolute atomic E-state index is 13.3. The summed E-state index contributed by atoms with van der Waals surface area (Å²) in [5, 5.41) is 3.49. The number of benzene rings is 2. The second kappa shape index (κ2) is 4.96. The van der Waals surface area contributed by atoms with Crippen molar-refractivity contribution >= 4 is 5.69 Å². The summed E-state index contributed by atoms with van der Waals surface area (Å²) in [7, 11) is 0. The predicted molar refractivity (Wildman–Crippen MR) is 85.4 cm³/mol. The van der Waals surface area contributed by atoms with E-state index in [1.807, 2.05) is 24.3 Å². The van der Waals surface area contributed by atoms with Gasteiger partial charge in [-0.15, -0.1) is 6.58 Å². The fourth-order valence-corrected chi connectivity index (χ4v) is 4.03. The number of halogens is 1. The third-order valence-corrected chi connectivity index (χ3v) is 5.00. The molecule has 1 saturated heterocycles. The lowest BCUT2D eigenvalue weighted by Crippen LogP contribution is -2.39. The lowest BCUT2D eigenvalue weighted by atomic mass is 9.67. The van der Waals surface area contributed by atoms with E-state index in [9.17, 15) is 4.39 Å². The van der Waals surface area contributed by atoms with Gasteiger partial charge in [0.2, 0.25) is 0 Å². The molecule has 0 amide bonds. The molecule has 0 aromatic heterocycles. The number of fused-ring (bicyclic) bond motifs is 3. The molecule has 2 aliphatic heterocycles. The van der Waals surface area contributed by atoms with Crippen LogP contribution in [0.5, 0.6) is 0 Å². The first-order valence-corrected chi connectivity index (χ1v) is 7.61. The van der Waals surface area contributed by atoms with E-state index in [2.05, 4.69) is 30.1 Å². The zero-order chi connectivity index (χ0) is 15.2. The topological polar surface area (TPSA) is 21.3 Å². The summed E-state index contributed by atoms with van der Waals surface area (Å²) < 4.78 is 19.2. The first-order chi connectivity index (χ1) is 10.8. The van der Waals surface area contributed by atoms with Gasteiger partial charge in [0.25, 0.3) is 0 Å². The predicted octanol–water partition coefficient (Wildman–Crippen LogP) is 4.21. The molecule has 2 heterocycles. The summed E-state index contributed by atoms with van der Waals surface area (Å²) in [4.78, 5) is 0. The van der Waals surface area contributed by atoms with Gasteiger partial charge in [0.15, 0.2) is 0 Å². The first-order valence-electron chi connectivity index (χ1n) is 7.61. The smallest absolute Gasteiger partial charge is 0.138 e. The van der Waals surface area contributed by atoms with Gasteiger partial charge < -0.3 is 10.1 Å². The van der Waals surface area contributed by atoms with Gasteiger partial charge in [0.1, 0.15) is 12.0 Å². The van der Waals surface area contributed by atoms with Gasteiger partial charge in [-0.3, -0.25) is 0 Å². The zero-order valence-corrected chi connectivity index (χ0v) is 12.3. The number of para-hydroxylation sites is 1. The monoisotopic (exact) mass is 295 g/mol. The van der Waals surface area contributed by atoms with Crippen LogP contribution in [0.1, 0.15) is 23.5 Å². The second-order valence-corrected chi connectivity index (χ2v) is 6.00. The van der Waals surface area contributed by atoms with Crippen LogP contribution in [-0.2, 0) is 10.2 Å². The van der Waals surface area contributed by atoms with Crippen LogP contribution in [0.3, 0.4) is 0 Å². The van der Waals surface area contributed by atoms with Crippen LogP contribution in [0.25, 0.3) is 0 Å². The fraction of sp³-hybridized carbons (Fsp3) is 0.263. The zero-order valence-electron chi connectivity index (χ0n) is 12.3. The third kappa shape index (κ3) is 1.75. The van der Waals surface area contributed by atoms with Crippen molar-refractivity contribution in [2.45, 2.75) is 24.0 Å². The van der Waals surface area contributed by atoms with Crippen LogP contribution in [0.2, 0.25) is 0 Å². The van der Waals surface area contributed by atoms with Crippen LogP contribution >= 0.6 is 0 Å². The van der Waals surface area contributed by atoms with Crippen molar-refractivity contribution in [3.63, 3.8) is 0 Å². The molecule has 0 unspecified atom stereocenters. The second-order valence-electron chi connectivity index (χ2n) is 6.00. The minimum absolute atomic E-state index is 0.0575. The minimum atomic E-state index is -0.215. The van der Waals surface area contributed by atoms with E-state index < -0.39 is 0 Å². The summed E-state index contributed by atoms with van der Waals surface area (Å²) >= 11 is 0. The van der Waals surface area contributed by atoms with E-state index in [0.29, 0.717) is 0 Å². The quantitative estimate of drug-likeness (QED) is 0.857. The molecular formula is C19H18FNO. The number of hydrogen-bond acceptors (Lipinski definition) is 2. The minimum Gasteiger partial charge on any atom is -0.359 e. The number of hydrogen-bond donors (Lipinski definition) is 1. The maximum Gasteiger partial charge on any atom is 0.138 e. The highest BCUT2D eigenvalue weighted by Crippen LogP contribution is 2.55. The lowest BCUT2D eigenvalue weighted by molar-refractivity contribution is 0.103. The normalized spacial score (nSPS) is 26.9. The summed E-state index contributed by atoms with van der Waals surface area (Å²) in [5.41, 5.74) is 3.30. The summed E-state index contributed by atoms with van der Waals surface area (Å²) in [6.07, 6.45) is 2.84. The molecule has 112 valence electrons. The fourth-order valence-electron chi connectivity index (χ4n) is 4.03. The summed E-state index contributed by atoms with van der Waals surface area (Å²) in [6, 6.07) is 15.1. The average Bonchev–Trinajstić information content (AvgIpc) is 3.07. The molecule has 2 aromatic rings. The Kier molecular flexibility index (Phi) is 3.05. The largest absolute Gasteiger partial charge is 0.359 e. The molecule has 3 atom stereocenters. The van der Waals surface area contributed by atoms with E-state index in [4.69, 9.17) is 4.74 Å². The Hall–Kier alpha value is -2.13. The Bertz CT molecular complexity index is 712. The van der Waals surface area contributed by atoms with E-state index >= 15 is 0 Å². The Morgan fingerprint density at radius 3 is 2.77 bits per heavy atom. The van der Waals surface area contributed by atoms with E-state index in [1.54, 1.807) is 0 Å². The standard InChI is InChI=1S/C19H18FNO/c1-2-15(13-7-9-14(20)10-8-13)19-11-12-22-18(19)21-17-6-4-3-5-16(17)19/h2-10,15,18,21H,1,11-12H2/t15-,18-,19+/m0/s1. The van der Waals surface area contributed by atoms with Crippen molar-refractivity contribution in [1.82, 2.24) is 0 Å². The molecule has 4 rings (SSSR count). The molecule has 0 bridgehead atoms. The highest BCUT2D eigenvalue weighted by atomic mass is 19.1. The molecule has 0 radical (unpaired) electrons.